The minimum atomic E-state index is -1.24. The maximum atomic E-state index is 13.3. The number of nitrogens with zero attached hydrogens (tertiary/aromatic N) is 1. The van der Waals surface area contributed by atoms with E-state index in [1.165, 1.54) is 7.11 Å². The van der Waals surface area contributed by atoms with Gasteiger partial charge in [0.05, 0.1) is 25.2 Å². The number of rotatable bonds is 17. The largest absolute Gasteiger partial charge is 0.382 e. The van der Waals surface area contributed by atoms with Gasteiger partial charge in [-0.25, -0.2) is 5.48 Å². The third-order valence-electron chi connectivity index (χ3n) is 6.45. The van der Waals surface area contributed by atoms with Gasteiger partial charge in [-0.1, -0.05) is 67.9 Å². The Bertz CT molecular complexity index is 1310. The topological polar surface area (TPSA) is 148 Å². The number of carbonyl (C=O) groups excluding carboxylic acids is 4. The number of benzene rings is 2. The number of unbranched alkanes of at least 4 members (excludes halogenated alkanes) is 1. The van der Waals surface area contributed by atoms with Gasteiger partial charge in [0, 0.05) is 31.7 Å². The second-order valence-corrected chi connectivity index (χ2v) is 9.76. The standard InChI is InChI=1S/C31H39N5O6/c1-3-4-18-42-36-28(38)19-25(34-27(37)16-15-22-10-6-5-7-11-22)31(40)35-26(21-41-2)30(39)33-20-24-13-8-12-23-14-9-17-32-29(23)24/h5-14,17,25-26H,3-4,15-16,18-21H2,1-2H3,(H,33,39)(H,34,37)(H,35,40)(H,36,38)/t25-,26-/m0/s1. The smallest absolute Gasteiger partial charge is 0.246 e. The Hall–Kier alpha value is -4.35. The lowest BCUT2D eigenvalue weighted by molar-refractivity contribution is -0.138. The fourth-order valence-electron chi connectivity index (χ4n) is 4.19. The number of hydroxylamine groups is 1. The van der Waals surface area contributed by atoms with Crippen LogP contribution in [0.3, 0.4) is 0 Å². The molecule has 224 valence electrons. The molecule has 0 aliphatic rings. The Morgan fingerprint density at radius 2 is 1.67 bits per heavy atom. The first-order chi connectivity index (χ1) is 20.4. The molecule has 0 saturated carbocycles. The molecule has 42 heavy (non-hydrogen) atoms. The first kappa shape index (κ1) is 32.2. The number of ether oxygens (including phenoxy) is 1. The van der Waals surface area contributed by atoms with Crippen molar-refractivity contribution in [2.24, 2.45) is 0 Å². The van der Waals surface area contributed by atoms with Gasteiger partial charge in [0.2, 0.25) is 23.6 Å². The van der Waals surface area contributed by atoms with Gasteiger partial charge >= 0.3 is 0 Å². The molecule has 2 atom stereocenters. The van der Waals surface area contributed by atoms with E-state index < -0.39 is 35.7 Å². The molecule has 3 rings (SSSR count). The molecule has 1 heterocycles. The lowest BCUT2D eigenvalue weighted by atomic mass is 10.1. The molecule has 0 unspecified atom stereocenters. The third-order valence-corrected chi connectivity index (χ3v) is 6.45. The van der Waals surface area contributed by atoms with E-state index in [0.29, 0.717) is 13.0 Å². The lowest BCUT2D eigenvalue weighted by Gasteiger charge is -2.23. The molecule has 0 saturated heterocycles. The van der Waals surface area contributed by atoms with Crippen molar-refractivity contribution in [3.05, 3.63) is 78.0 Å². The number of aromatic nitrogens is 1. The van der Waals surface area contributed by atoms with Gasteiger partial charge in [-0.05, 0) is 30.0 Å². The predicted octanol–water partition coefficient (Wildman–Crippen LogP) is 2.34. The van der Waals surface area contributed by atoms with Crippen molar-refractivity contribution in [2.75, 3.05) is 20.3 Å². The van der Waals surface area contributed by atoms with Crippen molar-refractivity contribution < 1.29 is 28.8 Å². The summed E-state index contributed by atoms with van der Waals surface area (Å²) >= 11 is 0. The van der Waals surface area contributed by atoms with Crippen molar-refractivity contribution in [3.8, 4) is 0 Å². The fraction of sp³-hybridized carbons (Fsp3) is 0.387. The average Bonchev–Trinajstić information content (AvgIpc) is 3.00. The van der Waals surface area contributed by atoms with Crippen LogP contribution in [0.2, 0.25) is 0 Å². The molecule has 0 aliphatic carbocycles. The zero-order chi connectivity index (χ0) is 30.2. The molecule has 0 fully saturated rings. The molecule has 11 nitrogen and oxygen atoms in total. The van der Waals surface area contributed by atoms with Gasteiger partial charge < -0.3 is 20.7 Å². The van der Waals surface area contributed by atoms with Crippen molar-refractivity contribution in [1.82, 2.24) is 26.4 Å². The van der Waals surface area contributed by atoms with Crippen LogP contribution in [0.5, 0.6) is 0 Å². The van der Waals surface area contributed by atoms with E-state index in [-0.39, 0.29) is 26.0 Å². The second kappa shape index (κ2) is 17.5. The van der Waals surface area contributed by atoms with Crippen LogP contribution in [0.4, 0.5) is 0 Å². The number of para-hydroxylation sites is 1. The van der Waals surface area contributed by atoms with Crippen LogP contribution >= 0.6 is 0 Å². The van der Waals surface area contributed by atoms with Gasteiger partial charge in [0.1, 0.15) is 12.1 Å². The summed E-state index contributed by atoms with van der Waals surface area (Å²) in [5.41, 5.74) is 4.85. The van der Waals surface area contributed by atoms with Crippen LogP contribution < -0.4 is 21.4 Å². The van der Waals surface area contributed by atoms with E-state index in [1.54, 1.807) is 6.20 Å². The molecule has 0 radical (unpaired) electrons. The number of amides is 4. The summed E-state index contributed by atoms with van der Waals surface area (Å²) in [4.78, 5) is 61.2. The second-order valence-electron chi connectivity index (χ2n) is 9.76. The van der Waals surface area contributed by atoms with E-state index in [0.717, 1.165) is 34.9 Å². The highest BCUT2D eigenvalue weighted by Crippen LogP contribution is 2.15. The third kappa shape index (κ3) is 10.6. The summed E-state index contributed by atoms with van der Waals surface area (Å²) in [6.07, 6.45) is 3.52. The van der Waals surface area contributed by atoms with Crippen molar-refractivity contribution >= 4 is 34.5 Å². The van der Waals surface area contributed by atoms with E-state index in [2.05, 4.69) is 26.4 Å². The predicted molar refractivity (Wildman–Crippen MR) is 158 cm³/mol. The number of carbonyl (C=O) groups is 4. The molecule has 1 aromatic heterocycles. The van der Waals surface area contributed by atoms with Crippen molar-refractivity contribution in [2.45, 2.75) is 57.7 Å². The highest BCUT2D eigenvalue weighted by atomic mass is 16.6. The van der Waals surface area contributed by atoms with E-state index in [4.69, 9.17) is 9.57 Å². The number of pyridine rings is 1. The van der Waals surface area contributed by atoms with Crippen LogP contribution in [-0.4, -0.2) is 61.0 Å². The van der Waals surface area contributed by atoms with Gasteiger partial charge in [0.15, 0.2) is 0 Å². The summed E-state index contributed by atoms with van der Waals surface area (Å²) in [5.74, 6) is -2.17. The number of methoxy groups -OCH3 is 1. The summed E-state index contributed by atoms with van der Waals surface area (Å²) in [5, 5.41) is 9.02. The molecule has 4 amide bonds. The molecule has 0 bridgehead atoms. The molecular formula is C31H39N5O6. The zero-order valence-electron chi connectivity index (χ0n) is 24.1. The Balaban J connectivity index is 1.64. The first-order valence-corrected chi connectivity index (χ1v) is 14.0. The van der Waals surface area contributed by atoms with E-state index in [1.807, 2.05) is 67.6 Å². The number of nitrogens with one attached hydrogen (secondary N) is 4. The van der Waals surface area contributed by atoms with Crippen LogP contribution in [0.25, 0.3) is 10.9 Å². The summed E-state index contributed by atoms with van der Waals surface area (Å²) in [7, 11) is 1.41. The fourth-order valence-corrected chi connectivity index (χ4v) is 4.19. The van der Waals surface area contributed by atoms with Crippen LogP contribution in [0, 0.1) is 0 Å². The monoisotopic (exact) mass is 577 g/mol. The maximum absolute atomic E-state index is 13.3. The number of aryl methyl sites for hydroxylation is 1. The molecular weight excluding hydrogens is 538 g/mol. The number of fused-ring (bicyclic) bond motifs is 1. The highest BCUT2D eigenvalue weighted by Gasteiger charge is 2.28. The minimum Gasteiger partial charge on any atom is -0.382 e. The maximum Gasteiger partial charge on any atom is 0.246 e. The van der Waals surface area contributed by atoms with Crippen molar-refractivity contribution in [3.63, 3.8) is 0 Å². The van der Waals surface area contributed by atoms with E-state index in [9.17, 15) is 19.2 Å². The highest BCUT2D eigenvalue weighted by molar-refractivity contribution is 5.95. The molecule has 3 aromatic rings. The minimum absolute atomic E-state index is 0.115. The Labute approximate surface area is 245 Å². The van der Waals surface area contributed by atoms with Crippen LogP contribution in [0.1, 0.15) is 43.7 Å². The van der Waals surface area contributed by atoms with Gasteiger partial charge in [-0.15, -0.1) is 0 Å². The number of hydrogen-bond acceptors (Lipinski definition) is 7. The molecule has 0 spiro atoms. The van der Waals surface area contributed by atoms with Crippen LogP contribution in [0.15, 0.2) is 66.9 Å². The Kier molecular flexibility index (Phi) is 13.4. The Morgan fingerprint density at radius 3 is 2.43 bits per heavy atom. The summed E-state index contributed by atoms with van der Waals surface area (Å²) in [6, 6.07) is 16.6. The summed E-state index contributed by atoms with van der Waals surface area (Å²) in [6.45, 7) is 2.37. The quantitative estimate of drug-likeness (QED) is 0.142. The van der Waals surface area contributed by atoms with Gasteiger partial charge in [-0.2, -0.15) is 0 Å². The SMILES string of the molecule is CCCCONC(=O)C[C@H](NC(=O)CCc1ccccc1)C(=O)N[C@@H](COC)C(=O)NCc1cccc2cccnc12. The first-order valence-electron chi connectivity index (χ1n) is 14.0. The van der Waals surface area contributed by atoms with Crippen LogP contribution in [-0.2, 0) is 41.7 Å². The van der Waals surface area contributed by atoms with E-state index >= 15 is 0 Å². The van der Waals surface area contributed by atoms with Crippen molar-refractivity contribution in [1.29, 1.82) is 0 Å². The molecule has 0 aliphatic heterocycles. The van der Waals surface area contributed by atoms with Gasteiger partial charge in [0.25, 0.3) is 0 Å². The molecule has 2 aromatic carbocycles. The summed E-state index contributed by atoms with van der Waals surface area (Å²) < 4.78 is 5.18. The van der Waals surface area contributed by atoms with Gasteiger partial charge in [-0.3, -0.25) is 29.0 Å². The normalized spacial score (nSPS) is 12.2. The lowest BCUT2D eigenvalue weighted by Crippen LogP contribution is -2.56. The molecule has 11 heteroatoms. The zero-order valence-corrected chi connectivity index (χ0v) is 24.1. The molecule has 4 N–H and O–H groups in total. The number of hydrogen-bond donors (Lipinski definition) is 4. The Morgan fingerprint density at radius 1 is 0.881 bits per heavy atom. The average molecular weight is 578 g/mol.